The molecular formula is C31H37NO5. The predicted octanol–water partition coefficient (Wildman–Crippen LogP) is 6.13. The molecule has 0 amide bonds. The third-order valence-electron chi connectivity index (χ3n) is 7.13. The number of para-hydroxylation sites is 1. The smallest absolute Gasteiger partial charge is 0.336 e. The van der Waals surface area contributed by atoms with Crippen LogP contribution in [0.2, 0.25) is 0 Å². The number of allylic oxidation sites excluding steroid dienone is 3. The van der Waals surface area contributed by atoms with Crippen molar-refractivity contribution < 1.29 is 24.2 Å². The quantitative estimate of drug-likeness (QED) is 0.349. The minimum Gasteiger partial charge on any atom is -0.508 e. The Balaban J connectivity index is 1.68. The molecule has 37 heavy (non-hydrogen) atoms. The van der Waals surface area contributed by atoms with E-state index < -0.39 is 11.9 Å². The first kappa shape index (κ1) is 26.5. The highest BCUT2D eigenvalue weighted by atomic mass is 16.5. The lowest BCUT2D eigenvalue weighted by Crippen LogP contribution is -2.36. The van der Waals surface area contributed by atoms with Crippen LogP contribution in [0.4, 0.5) is 0 Å². The standard InChI is InChI=1S/C31H37NO5/c1-19-27(30(35)37-15-9-14-31(2,3)4)28(20-10-8-11-22(33)16-20)29-24(32-19)17-21(18-25(29)34)23-12-6-7-13-26(23)36-5/h6-8,10-13,16,21,28,32-33H,9,14-15,17-18H2,1-5H3/t21-,28-/m1/s1. The highest BCUT2D eigenvalue weighted by Gasteiger charge is 2.42. The summed E-state index contributed by atoms with van der Waals surface area (Å²) in [5.74, 6) is -0.259. The average molecular weight is 504 g/mol. The molecule has 2 atom stereocenters. The summed E-state index contributed by atoms with van der Waals surface area (Å²) in [5, 5.41) is 13.6. The van der Waals surface area contributed by atoms with Gasteiger partial charge in [-0.25, -0.2) is 4.79 Å². The summed E-state index contributed by atoms with van der Waals surface area (Å²) >= 11 is 0. The van der Waals surface area contributed by atoms with E-state index in [0.717, 1.165) is 29.9 Å². The van der Waals surface area contributed by atoms with Crippen molar-refractivity contribution in [3.8, 4) is 11.5 Å². The number of carbonyl (C=O) groups is 2. The number of benzene rings is 2. The number of carbonyl (C=O) groups excluding carboxylic acids is 2. The Bertz CT molecular complexity index is 1250. The summed E-state index contributed by atoms with van der Waals surface area (Å²) < 4.78 is 11.3. The van der Waals surface area contributed by atoms with Gasteiger partial charge in [-0.3, -0.25) is 4.79 Å². The molecular weight excluding hydrogens is 466 g/mol. The number of nitrogens with one attached hydrogen (secondary N) is 1. The predicted molar refractivity (Wildman–Crippen MR) is 143 cm³/mol. The van der Waals surface area contributed by atoms with Crippen molar-refractivity contribution in [2.24, 2.45) is 5.41 Å². The van der Waals surface area contributed by atoms with Crippen LogP contribution in [-0.2, 0) is 14.3 Å². The van der Waals surface area contributed by atoms with Gasteiger partial charge >= 0.3 is 5.97 Å². The Kier molecular flexibility index (Phi) is 7.76. The first-order valence-electron chi connectivity index (χ1n) is 12.9. The van der Waals surface area contributed by atoms with E-state index in [0.29, 0.717) is 41.9 Å². The highest BCUT2D eigenvalue weighted by molar-refractivity contribution is 6.04. The summed E-state index contributed by atoms with van der Waals surface area (Å²) in [4.78, 5) is 27.2. The molecule has 0 radical (unpaired) electrons. The molecule has 196 valence electrons. The Morgan fingerprint density at radius 2 is 1.86 bits per heavy atom. The number of Topliss-reactive ketones (excluding diaryl/α,β-unsaturated/α-hetero) is 1. The normalized spacial score (nSPS) is 19.9. The zero-order valence-electron chi connectivity index (χ0n) is 22.4. The molecule has 0 saturated carbocycles. The van der Waals surface area contributed by atoms with E-state index in [4.69, 9.17) is 9.47 Å². The van der Waals surface area contributed by atoms with E-state index in [1.54, 1.807) is 25.3 Å². The lowest BCUT2D eigenvalue weighted by Gasteiger charge is -2.37. The minimum atomic E-state index is -0.607. The number of ketones is 1. The van der Waals surface area contributed by atoms with Crippen LogP contribution in [0.3, 0.4) is 0 Å². The summed E-state index contributed by atoms with van der Waals surface area (Å²) in [6.45, 7) is 8.64. The van der Waals surface area contributed by atoms with Crippen molar-refractivity contribution in [1.29, 1.82) is 0 Å². The second-order valence-electron chi connectivity index (χ2n) is 11.2. The monoisotopic (exact) mass is 503 g/mol. The molecule has 0 saturated heterocycles. The second kappa shape index (κ2) is 10.8. The van der Waals surface area contributed by atoms with Gasteiger partial charge in [0, 0.05) is 35.2 Å². The number of hydrogen-bond donors (Lipinski definition) is 2. The van der Waals surface area contributed by atoms with Gasteiger partial charge in [-0.2, -0.15) is 0 Å². The molecule has 1 heterocycles. The van der Waals surface area contributed by atoms with Gasteiger partial charge in [-0.15, -0.1) is 0 Å². The van der Waals surface area contributed by atoms with Crippen molar-refractivity contribution in [1.82, 2.24) is 5.32 Å². The summed E-state index contributed by atoms with van der Waals surface area (Å²) in [6.07, 6.45) is 2.62. The molecule has 1 aliphatic carbocycles. The number of hydrogen-bond acceptors (Lipinski definition) is 6. The molecule has 2 aliphatic rings. The van der Waals surface area contributed by atoms with Crippen molar-refractivity contribution in [2.45, 2.75) is 65.2 Å². The van der Waals surface area contributed by atoms with Crippen molar-refractivity contribution in [3.05, 3.63) is 82.2 Å². The van der Waals surface area contributed by atoms with Crippen LogP contribution in [0.1, 0.15) is 76.3 Å². The van der Waals surface area contributed by atoms with Gasteiger partial charge in [0.05, 0.1) is 19.3 Å². The number of aromatic hydroxyl groups is 1. The molecule has 6 nitrogen and oxygen atoms in total. The lowest BCUT2D eigenvalue weighted by molar-refractivity contribution is -0.139. The number of phenols is 1. The molecule has 4 rings (SSSR count). The van der Waals surface area contributed by atoms with Gasteiger partial charge in [0.15, 0.2) is 5.78 Å². The van der Waals surface area contributed by atoms with Crippen LogP contribution >= 0.6 is 0 Å². The Hall–Kier alpha value is -3.54. The highest BCUT2D eigenvalue weighted by Crippen LogP contribution is 2.47. The van der Waals surface area contributed by atoms with E-state index in [1.165, 1.54) is 0 Å². The van der Waals surface area contributed by atoms with Gasteiger partial charge < -0.3 is 19.9 Å². The maximum atomic E-state index is 13.8. The fraction of sp³-hybridized carbons (Fsp3) is 0.419. The van der Waals surface area contributed by atoms with Crippen molar-refractivity contribution in [3.63, 3.8) is 0 Å². The van der Waals surface area contributed by atoms with E-state index in [-0.39, 0.29) is 22.9 Å². The van der Waals surface area contributed by atoms with Crippen LogP contribution in [0.25, 0.3) is 0 Å². The maximum Gasteiger partial charge on any atom is 0.336 e. The zero-order valence-corrected chi connectivity index (χ0v) is 22.4. The molecule has 0 aromatic heterocycles. The minimum absolute atomic E-state index is 0.0245. The topological polar surface area (TPSA) is 84.9 Å². The zero-order chi connectivity index (χ0) is 26.7. The number of dihydropyridines is 1. The molecule has 0 fully saturated rings. The molecule has 0 spiro atoms. The van der Waals surface area contributed by atoms with Crippen LogP contribution in [0.5, 0.6) is 11.5 Å². The second-order valence-corrected chi connectivity index (χ2v) is 11.2. The average Bonchev–Trinajstić information content (AvgIpc) is 2.85. The third-order valence-corrected chi connectivity index (χ3v) is 7.13. The first-order valence-corrected chi connectivity index (χ1v) is 12.9. The number of esters is 1. The number of ether oxygens (including phenoxy) is 2. The van der Waals surface area contributed by atoms with Crippen LogP contribution < -0.4 is 10.1 Å². The third kappa shape index (κ3) is 5.90. The van der Waals surface area contributed by atoms with E-state index >= 15 is 0 Å². The molecule has 2 N–H and O–H groups in total. The van der Waals surface area contributed by atoms with Gasteiger partial charge in [-0.05, 0) is 60.9 Å². The molecule has 2 aromatic carbocycles. The number of rotatable bonds is 7. The van der Waals surface area contributed by atoms with Gasteiger partial charge in [0.25, 0.3) is 0 Å². The Labute approximate surface area is 219 Å². The van der Waals surface area contributed by atoms with Crippen LogP contribution in [-0.4, -0.2) is 30.6 Å². The number of phenolic OH excluding ortho intramolecular Hbond substituents is 1. The van der Waals surface area contributed by atoms with Crippen LogP contribution in [0, 0.1) is 5.41 Å². The Morgan fingerprint density at radius 3 is 2.57 bits per heavy atom. The largest absolute Gasteiger partial charge is 0.508 e. The summed E-state index contributed by atoms with van der Waals surface area (Å²) in [7, 11) is 1.64. The van der Waals surface area contributed by atoms with E-state index in [1.807, 2.05) is 37.3 Å². The molecule has 6 heteroatoms. The molecule has 2 aromatic rings. The molecule has 0 unspecified atom stereocenters. The number of methoxy groups -OCH3 is 1. The van der Waals surface area contributed by atoms with Crippen LogP contribution in [0.15, 0.2) is 71.1 Å². The molecule has 0 bridgehead atoms. The SMILES string of the molecule is COc1ccccc1[C@H]1CC(=O)C2=C(C1)NC(C)=C(C(=O)OCCCC(C)(C)C)[C@H]2c1cccc(O)c1. The van der Waals surface area contributed by atoms with Gasteiger partial charge in [0.2, 0.25) is 0 Å². The Morgan fingerprint density at radius 1 is 1.11 bits per heavy atom. The van der Waals surface area contributed by atoms with E-state index in [2.05, 4.69) is 26.1 Å². The van der Waals surface area contributed by atoms with Crippen molar-refractivity contribution in [2.75, 3.05) is 13.7 Å². The summed E-state index contributed by atoms with van der Waals surface area (Å²) in [5.41, 5.74) is 4.31. The van der Waals surface area contributed by atoms with Gasteiger partial charge in [-0.1, -0.05) is 51.1 Å². The van der Waals surface area contributed by atoms with Crippen molar-refractivity contribution >= 4 is 11.8 Å². The first-order chi connectivity index (χ1) is 17.6. The maximum absolute atomic E-state index is 13.8. The van der Waals surface area contributed by atoms with Gasteiger partial charge in [0.1, 0.15) is 11.5 Å². The fourth-order valence-electron chi connectivity index (χ4n) is 5.42. The van der Waals surface area contributed by atoms with E-state index in [9.17, 15) is 14.7 Å². The fourth-order valence-corrected chi connectivity index (χ4v) is 5.42. The molecule has 1 aliphatic heterocycles. The summed E-state index contributed by atoms with van der Waals surface area (Å²) in [6, 6.07) is 14.6. The lowest BCUT2D eigenvalue weighted by atomic mass is 9.71.